The molecule has 1 saturated carbocycles. The van der Waals surface area contributed by atoms with Crippen LogP contribution in [-0.2, 0) is 10.2 Å². The molecule has 0 saturated heterocycles. The van der Waals surface area contributed by atoms with Gasteiger partial charge >= 0.3 is 5.97 Å². The fourth-order valence-electron chi connectivity index (χ4n) is 2.17. The maximum Gasteiger partial charge on any atom is 0.314 e. The maximum atomic E-state index is 12.9. The smallest absolute Gasteiger partial charge is 0.314 e. The van der Waals surface area contributed by atoms with Crippen molar-refractivity contribution in [3.63, 3.8) is 0 Å². The molecular formula is C12H13FO2. The van der Waals surface area contributed by atoms with E-state index in [0.29, 0.717) is 0 Å². The van der Waals surface area contributed by atoms with Crippen molar-refractivity contribution in [2.75, 3.05) is 0 Å². The Morgan fingerprint density at radius 2 is 2.20 bits per heavy atom. The fourth-order valence-corrected chi connectivity index (χ4v) is 2.17. The van der Waals surface area contributed by atoms with Crippen molar-refractivity contribution < 1.29 is 14.3 Å². The van der Waals surface area contributed by atoms with Gasteiger partial charge in [0, 0.05) is 0 Å². The molecule has 0 aromatic heterocycles. The number of halogens is 1. The summed E-state index contributed by atoms with van der Waals surface area (Å²) >= 11 is 0. The van der Waals surface area contributed by atoms with Crippen LogP contribution in [0.15, 0.2) is 24.3 Å². The first-order chi connectivity index (χ1) is 7.04. The first-order valence-electron chi connectivity index (χ1n) is 4.99. The number of alkyl halides is 1. The minimum absolute atomic E-state index is 0.103. The van der Waals surface area contributed by atoms with Crippen LogP contribution in [0.1, 0.15) is 24.0 Å². The molecule has 0 bridgehead atoms. The van der Waals surface area contributed by atoms with E-state index in [2.05, 4.69) is 0 Å². The van der Waals surface area contributed by atoms with Gasteiger partial charge in [0.2, 0.25) is 0 Å². The van der Waals surface area contributed by atoms with Crippen LogP contribution in [0.4, 0.5) is 4.39 Å². The zero-order chi connectivity index (χ0) is 11.1. The number of benzene rings is 1. The molecule has 0 radical (unpaired) electrons. The zero-order valence-electron chi connectivity index (χ0n) is 8.53. The van der Waals surface area contributed by atoms with Crippen molar-refractivity contribution in [1.29, 1.82) is 0 Å². The number of aliphatic carboxylic acids is 1. The Bertz CT molecular complexity index is 394. The predicted molar refractivity (Wildman–Crippen MR) is 54.6 cm³/mol. The molecule has 1 fully saturated rings. The van der Waals surface area contributed by atoms with Gasteiger partial charge in [-0.1, -0.05) is 29.8 Å². The minimum atomic E-state index is -0.981. The van der Waals surface area contributed by atoms with Crippen LogP contribution in [0, 0.1) is 6.92 Å². The van der Waals surface area contributed by atoms with E-state index in [-0.39, 0.29) is 12.8 Å². The summed E-state index contributed by atoms with van der Waals surface area (Å²) < 4.78 is 12.9. The second-order valence-electron chi connectivity index (χ2n) is 4.26. The summed E-state index contributed by atoms with van der Waals surface area (Å²) in [5.74, 6) is -0.915. The first kappa shape index (κ1) is 10.1. The molecule has 0 heterocycles. The van der Waals surface area contributed by atoms with Crippen molar-refractivity contribution in [2.24, 2.45) is 0 Å². The van der Waals surface area contributed by atoms with E-state index in [4.69, 9.17) is 0 Å². The van der Waals surface area contributed by atoms with E-state index < -0.39 is 17.6 Å². The molecule has 1 aromatic carbocycles. The monoisotopic (exact) mass is 208 g/mol. The number of aryl methyl sites for hydroxylation is 1. The lowest BCUT2D eigenvalue weighted by Gasteiger charge is -2.40. The van der Waals surface area contributed by atoms with Gasteiger partial charge in [0.15, 0.2) is 0 Å². The topological polar surface area (TPSA) is 37.3 Å². The number of carboxylic acids is 1. The van der Waals surface area contributed by atoms with E-state index in [1.807, 2.05) is 25.1 Å². The van der Waals surface area contributed by atoms with Gasteiger partial charge in [-0.25, -0.2) is 4.39 Å². The number of carboxylic acid groups (broad SMARTS) is 1. The van der Waals surface area contributed by atoms with E-state index in [0.717, 1.165) is 11.1 Å². The van der Waals surface area contributed by atoms with Gasteiger partial charge in [0.05, 0.1) is 5.41 Å². The molecule has 0 atom stereocenters. The summed E-state index contributed by atoms with van der Waals surface area (Å²) in [6, 6.07) is 7.33. The number of rotatable bonds is 2. The Morgan fingerprint density at radius 3 is 2.67 bits per heavy atom. The number of hydrogen-bond donors (Lipinski definition) is 1. The highest BCUT2D eigenvalue weighted by molar-refractivity contribution is 5.83. The Balaban J connectivity index is 2.39. The highest BCUT2D eigenvalue weighted by atomic mass is 19.1. The van der Waals surface area contributed by atoms with E-state index in [1.165, 1.54) is 0 Å². The zero-order valence-corrected chi connectivity index (χ0v) is 8.53. The summed E-state index contributed by atoms with van der Waals surface area (Å²) in [5, 5.41) is 9.18. The molecule has 0 unspecified atom stereocenters. The molecule has 0 aliphatic heterocycles. The van der Waals surface area contributed by atoms with Crippen LogP contribution in [0.2, 0.25) is 0 Å². The highest BCUT2D eigenvalue weighted by Crippen LogP contribution is 2.45. The first-order valence-corrected chi connectivity index (χ1v) is 4.99. The SMILES string of the molecule is Cc1cccc(C2(C(=O)O)CC(F)C2)c1. The Kier molecular flexibility index (Phi) is 2.25. The molecule has 2 nitrogen and oxygen atoms in total. The summed E-state index contributed by atoms with van der Waals surface area (Å²) in [4.78, 5) is 11.2. The lowest BCUT2D eigenvalue weighted by Crippen LogP contribution is -2.49. The predicted octanol–water partition coefficient (Wildman–Crippen LogP) is 2.45. The standard InChI is InChI=1S/C12H13FO2/c1-8-3-2-4-9(5-8)12(11(14)15)6-10(13)7-12/h2-5,10H,6-7H2,1H3,(H,14,15). The van der Waals surface area contributed by atoms with Crippen molar-refractivity contribution in [3.05, 3.63) is 35.4 Å². The number of carbonyl (C=O) groups is 1. The maximum absolute atomic E-state index is 12.9. The normalized spacial score (nSPS) is 29.6. The van der Waals surface area contributed by atoms with E-state index in [9.17, 15) is 14.3 Å². The lowest BCUT2D eigenvalue weighted by atomic mass is 9.63. The van der Waals surface area contributed by atoms with Gasteiger partial charge in [0.1, 0.15) is 6.17 Å². The third-order valence-corrected chi connectivity index (χ3v) is 3.12. The average Bonchev–Trinajstić information content (AvgIpc) is 2.12. The van der Waals surface area contributed by atoms with Crippen molar-refractivity contribution in [1.82, 2.24) is 0 Å². The van der Waals surface area contributed by atoms with Crippen LogP contribution in [0.3, 0.4) is 0 Å². The second kappa shape index (κ2) is 3.33. The van der Waals surface area contributed by atoms with E-state index in [1.54, 1.807) is 6.07 Å². The largest absolute Gasteiger partial charge is 0.481 e. The summed E-state index contributed by atoms with van der Waals surface area (Å²) in [5.41, 5.74) is 0.755. The van der Waals surface area contributed by atoms with Gasteiger partial charge in [-0.15, -0.1) is 0 Å². The third-order valence-electron chi connectivity index (χ3n) is 3.12. The molecule has 80 valence electrons. The Hall–Kier alpha value is -1.38. The van der Waals surface area contributed by atoms with Gasteiger partial charge in [-0.3, -0.25) is 4.79 Å². The molecule has 1 aliphatic carbocycles. The quantitative estimate of drug-likeness (QED) is 0.810. The molecule has 1 N–H and O–H groups in total. The highest BCUT2D eigenvalue weighted by Gasteiger charge is 2.52. The molecular weight excluding hydrogens is 195 g/mol. The Labute approximate surface area is 87.7 Å². The van der Waals surface area contributed by atoms with Gasteiger partial charge in [0.25, 0.3) is 0 Å². The summed E-state index contributed by atoms with van der Waals surface area (Å²) in [6.45, 7) is 1.91. The van der Waals surface area contributed by atoms with Crippen LogP contribution in [-0.4, -0.2) is 17.2 Å². The second-order valence-corrected chi connectivity index (χ2v) is 4.26. The molecule has 1 aromatic rings. The third kappa shape index (κ3) is 1.52. The lowest BCUT2D eigenvalue weighted by molar-refractivity contribution is -0.150. The van der Waals surface area contributed by atoms with Crippen molar-refractivity contribution in [3.8, 4) is 0 Å². The van der Waals surface area contributed by atoms with E-state index >= 15 is 0 Å². The molecule has 15 heavy (non-hydrogen) atoms. The van der Waals surface area contributed by atoms with Gasteiger partial charge in [-0.05, 0) is 25.3 Å². The summed E-state index contributed by atoms with van der Waals surface area (Å²) in [6.07, 6.45) is -0.765. The van der Waals surface area contributed by atoms with Crippen molar-refractivity contribution in [2.45, 2.75) is 31.4 Å². The van der Waals surface area contributed by atoms with Gasteiger partial charge < -0.3 is 5.11 Å². The summed E-state index contributed by atoms with van der Waals surface area (Å²) in [7, 11) is 0. The van der Waals surface area contributed by atoms with Crippen LogP contribution in [0.5, 0.6) is 0 Å². The van der Waals surface area contributed by atoms with Crippen molar-refractivity contribution >= 4 is 5.97 Å². The Morgan fingerprint density at radius 1 is 1.53 bits per heavy atom. The van der Waals surface area contributed by atoms with Crippen LogP contribution < -0.4 is 0 Å². The van der Waals surface area contributed by atoms with Crippen LogP contribution in [0.25, 0.3) is 0 Å². The van der Waals surface area contributed by atoms with Gasteiger partial charge in [-0.2, -0.15) is 0 Å². The molecule has 1 aliphatic rings. The number of hydrogen-bond acceptors (Lipinski definition) is 1. The molecule has 0 amide bonds. The minimum Gasteiger partial charge on any atom is -0.481 e. The molecule has 3 heteroatoms. The molecule has 2 rings (SSSR count). The average molecular weight is 208 g/mol. The fraction of sp³-hybridized carbons (Fsp3) is 0.417. The molecule has 0 spiro atoms. The van der Waals surface area contributed by atoms with Crippen LogP contribution >= 0.6 is 0 Å².